The second kappa shape index (κ2) is 6.79. The van der Waals surface area contributed by atoms with Crippen molar-refractivity contribution < 1.29 is 9.47 Å². The lowest BCUT2D eigenvalue weighted by Crippen LogP contribution is -2.28. The zero-order valence-corrected chi connectivity index (χ0v) is 13.7. The zero-order valence-electron chi connectivity index (χ0n) is 12.9. The van der Waals surface area contributed by atoms with E-state index >= 15 is 0 Å². The summed E-state index contributed by atoms with van der Waals surface area (Å²) in [5, 5.41) is 0. The largest absolute Gasteiger partial charge is 0.454 e. The molecule has 0 unspecified atom stereocenters. The predicted molar refractivity (Wildman–Crippen MR) is 92.2 cm³/mol. The summed E-state index contributed by atoms with van der Waals surface area (Å²) < 4.78 is 11.0. The van der Waals surface area contributed by atoms with Gasteiger partial charge in [0.15, 0.2) is 11.5 Å². The lowest BCUT2D eigenvalue weighted by atomic mass is 9.95. The Bertz CT molecular complexity index is 665. The number of fused-ring (bicyclic) bond motifs is 1. The van der Waals surface area contributed by atoms with Gasteiger partial charge in [0.1, 0.15) is 0 Å². The van der Waals surface area contributed by atoms with Gasteiger partial charge >= 0.3 is 0 Å². The average molecular weight is 333 g/mol. The fourth-order valence-electron chi connectivity index (χ4n) is 3.45. The van der Waals surface area contributed by atoms with Crippen molar-refractivity contribution >= 4 is 12.4 Å². The van der Waals surface area contributed by atoms with Gasteiger partial charge in [-0.2, -0.15) is 0 Å². The van der Waals surface area contributed by atoms with E-state index in [0.717, 1.165) is 31.1 Å². The average Bonchev–Trinajstić information content (AvgIpc) is 3.15. The minimum atomic E-state index is 0. The van der Waals surface area contributed by atoms with E-state index in [-0.39, 0.29) is 18.4 Å². The summed E-state index contributed by atoms with van der Waals surface area (Å²) >= 11 is 0. The van der Waals surface area contributed by atoms with Crippen molar-refractivity contribution in [1.82, 2.24) is 4.90 Å². The number of para-hydroxylation sites is 1. The fraction of sp³-hybridized carbons (Fsp3) is 0.333. The molecule has 0 spiro atoms. The SMILES string of the molecule is Cl.N[C@@H]1CN(Cc2cccc3c2OCO3)C[C@H]1c1ccccc1. The Morgan fingerprint density at radius 3 is 2.65 bits per heavy atom. The van der Waals surface area contributed by atoms with Gasteiger partial charge in [-0.1, -0.05) is 42.5 Å². The molecule has 2 aromatic rings. The van der Waals surface area contributed by atoms with Gasteiger partial charge in [0.2, 0.25) is 6.79 Å². The molecule has 5 heteroatoms. The smallest absolute Gasteiger partial charge is 0.231 e. The van der Waals surface area contributed by atoms with Crippen LogP contribution in [0.4, 0.5) is 0 Å². The van der Waals surface area contributed by atoms with Crippen molar-refractivity contribution in [2.24, 2.45) is 5.73 Å². The molecule has 2 aromatic carbocycles. The Balaban J connectivity index is 0.00000156. The number of hydrogen-bond acceptors (Lipinski definition) is 4. The molecule has 122 valence electrons. The van der Waals surface area contributed by atoms with Crippen LogP contribution in [0, 0.1) is 0 Å². The molecule has 1 fully saturated rings. The van der Waals surface area contributed by atoms with Crippen LogP contribution in [0.25, 0.3) is 0 Å². The highest BCUT2D eigenvalue weighted by molar-refractivity contribution is 5.85. The van der Waals surface area contributed by atoms with E-state index in [0.29, 0.717) is 12.7 Å². The molecule has 1 saturated heterocycles. The van der Waals surface area contributed by atoms with Crippen LogP contribution < -0.4 is 15.2 Å². The summed E-state index contributed by atoms with van der Waals surface area (Å²) in [5.74, 6) is 2.13. The number of benzene rings is 2. The van der Waals surface area contributed by atoms with E-state index in [4.69, 9.17) is 15.2 Å². The topological polar surface area (TPSA) is 47.7 Å². The Labute approximate surface area is 142 Å². The van der Waals surface area contributed by atoms with Crippen LogP contribution in [0.5, 0.6) is 11.5 Å². The van der Waals surface area contributed by atoms with Gasteiger partial charge in [0, 0.05) is 37.2 Å². The maximum absolute atomic E-state index is 6.37. The van der Waals surface area contributed by atoms with Gasteiger partial charge in [-0.15, -0.1) is 12.4 Å². The summed E-state index contributed by atoms with van der Waals surface area (Å²) in [6, 6.07) is 16.8. The van der Waals surface area contributed by atoms with Crippen LogP contribution >= 0.6 is 12.4 Å². The third-order valence-corrected chi connectivity index (χ3v) is 4.54. The number of nitrogens with two attached hydrogens (primary N) is 1. The van der Waals surface area contributed by atoms with Crippen LogP contribution in [-0.2, 0) is 6.54 Å². The van der Waals surface area contributed by atoms with Crippen LogP contribution in [0.2, 0.25) is 0 Å². The van der Waals surface area contributed by atoms with Gasteiger partial charge in [-0.05, 0) is 11.6 Å². The predicted octanol–water partition coefficient (Wildman–Crippen LogP) is 2.76. The van der Waals surface area contributed by atoms with E-state index in [9.17, 15) is 0 Å². The molecule has 23 heavy (non-hydrogen) atoms. The number of halogens is 1. The van der Waals surface area contributed by atoms with Crippen molar-refractivity contribution in [1.29, 1.82) is 0 Å². The lowest BCUT2D eigenvalue weighted by Gasteiger charge is -2.17. The van der Waals surface area contributed by atoms with Gasteiger partial charge in [-0.3, -0.25) is 4.90 Å². The summed E-state index contributed by atoms with van der Waals surface area (Å²) in [7, 11) is 0. The van der Waals surface area contributed by atoms with Crippen molar-refractivity contribution in [2.45, 2.75) is 18.5 Å². The monoisotopic (exact) mass is 332 g/mol. The molecule has 0 amide bonds. The maximum atomic E-state index is 6.37. The Hall–Kier alpha value is -1.75. The Morgan fingerprint density at radius 2 is 1.83 bits per heavy atom. The summed E-state index contributed by atoms with van der Waals surface area (Å²) in [6.07, 6.45) is 0. The van der Waals surface area contributed by atoms with Gasteiger partial charge < -0.3 is 15.2 Å². The molecule has 2 aliphatic heterocycles. The van der Waals surface area contributed by atoms with E-state index < -0.39 is 0 Å². The number of ether oxygens (including phenoxy) is 2. The molecule has 0 saturated carbocycles. The third-order valence-electron chi connectivity index (χ3n) is 4.54. The number of rotatable bonds is 3. The van der Waals surface area contributed by atoms with Gasteiger partial charge in [0.25, 0.3) is 0 Å². The van der Waals surface area contributed by atoms with Gasteiger partial charge in [0.05, 0.1) is 0 Å². The van der Waals surface area contributed by atoms with Crippen LogP contribution in [0.3, 0.4) is 0 Å². The van der Waals surface area contributed by atoms with E-state index in [1.165, 1.54) is 11.1 Å². The molecule has 4 rings (SSSR count). The first-order valence-electron chi connectivity index (χ1n) is 7.71. The molecule has 0 aromatic heterocycles. The van der Waals surface area contributed by atoms with E-state index in [1.54, 1.807) is 0 Å². The Kier molecular flexibility index (Phi) is 4.76. The molecular formula is C18H21ClN2O2. The molecule has 2 aliphatic rings. The molecule has 2 N–H and O–H groups in total. The summed E-state index contributed by atoms with van der Waals surface area (Å²) in [6.45, 7) is 3.06. The third kappa shape index (κ3) is 3.15. The normalized spacial score (nSPS) is 22.8. The lowest BCUT2D eigenvalue weighted by molar-refractivity contribution is 0.172. The zero-order chi connectivity index (χ0) is 14.9. The second-order valence-electron chi connectivity index (χ2n) is 6.03. The highest BCUT2D eigenvalue weighted by atomic mass is 35.5. The molecule has 0 radical (unpaired) electrons. The second-order valence-corrected chi connectivity index (χ2v) is 6.03. The van der Waals surface area contributed by atoms with Crippen molar-refractivity contribution in [2.75, 3.05) is 19.9 Å². The molecule has 2 atom stereocenters. The standard InChI is InChI=1S/C18H20N2O2.ClH/c19-16-11-20(10-15(16)13-5-2-1-3-6-13)9-14-7-4-8-17-18(14)22-12-21-17;/h1-8,15-16H,9-12,19H2;1H/t15-,16+;/m0./s1. The molecule has 2 heterocycles. The first-order valence-corrected chi connectivity index (χ1v) is 7.71. The molecule has 0 bridgehead atoms. The fourth-order valence-corrected chi connectivity index (χ4v) is 3.45. The van der Waals surface area contributed by atoms with Crippen molar-refractivity contribution in [3.05, 3.63) is 59.7 Å². The molecular weight excluding hydrogens is 312 g/mol. The van der Waals surface area contributed by atoms with Crippen LogP contribution in [0.1, 0.15) is 17.0 Å². The summed E-state index contributed by atoms with van der Waals surface area (Å²) in [4.78, 5) is 2.40. The molecule has 4 nitrogen and oxygen atoms in total. The minimum absolute atomic E-state index is 0. The number of likely N-dealkylation sites (tertiary alicyclic amines) is 1. The quantitative estimate of drug-likeness (QED) is 0.939. The Morgan fingerprint density at radius 1 is 1.00 bits per heavy atom. The van der Waals surface area contributed by atoms with Crippen molar-refractivity contribution in [3.8, 4) is 11.5 Å². The highest BCUT2D eigenvalue weighted by Gasteiger charge is 2.32. The van der Waals surface area contributed by atoms with E-state index in [1.807, 2.05) is 18.2 Å². The number of nitrogens with zero attached hydrogens (tertiary/aromatic N) is 1. The molecule has 0 aliphatic carbocycles. The van der Waals surface area contributed by atoms with Crippen molar-refractivity contribution in [3.63, 3.8) is 0 Å². The maximum Gasteiger partial charge on any atom is 0.231 e. The van der Waals surface area contributed by atoms with Crippen LogP contribution in [0.15, 0.2) is 48.5 Å². The number of hydrogen-bond donors (Lipinski definition) is 1. The first kappa shape index (κ1) is 16.1. The van der Waals surface area contributed by atoms with Gasteiger partial charge in [-0.25, -0.2) is 0 Å². The minimum Gasteiger partial charge on any atom is -0.454 e. The van der Waals surface area contributed by atoms with Crippen LogP contribution in [-0.4, -0.2) is 30.8 Å². The highest BCUT2D eigenvalue weighted by Crippen LogP contribution is 2.37. The first-order chi connectivity index (χ1) is 10.8. The van der Waals surface area contributed by atoms with E-state index in [2.05, 4.69) is 35.2 Å². The summed E-state index contributed by atoms with van der Waals surface area (Å²) in [5.41, 5.74) is 8.88.